The monoisotopic (exact) mass is 297 g/mol. The van der Waals surface area contributed by atoms with Crippen molar-refractivity contribution >= 4 is 34.7 Å². The van der Waals surface area contributed by atoms with Gasteiger partial charge in [-0.3, -0.25) is 14.4 Å². The molecule has 20 heavy (non-hydrogen) atoms. The molecule has 108 valence electrons. The van der Waals surface area contributed by atoms with E-state index in [1.807, 2.05) is 0 Å². The Morgan fingerprint density at radius 1 is 1.50 bits per heavy atom. The number of anilines is 1. The standard InChI is InChI=1S/C12H15N3O4S/c1-6(16)13-7-4-5-20-10(7)12(19)14-8-2-3-9(17)15-11(8)18/h4-5,8,11,18H,2-3H2,1H3,(H,13,16)(H,14,19)(H,15,17). The lowest BCUT2D eigenvalue weighted by atomic mass is 10.1. The summed E-state index contributed by atoms with van der Waals surface area (Å²) in [5, 5.41) is 19.0. The van der Waals surface area contributed by atoms with Crippen molar-refractivity contribution in [2.24, 2.45) is 0 Å². The zero-order chi connectivity index (χ0) is 14.7. The van der Waals surface area contributed by atoms with Crippen molar-refractivity contribution in [2.75, 3.05) is 5.32 Å². The molecule has 1 aliphatic rings. The van der Waals surface area contributed by atoms with Gasteiger partial charge < -0.3 is 21.1 Å². The van der Waals surface area contributed by atoms with Crippen molar-refractivity contribution in [3.8, 4) is 0 Å². The van der Waals surface area contributed by atoms with Crippen molar-refractivity contribution in [1.82, 2.24) is 10.6 Å². The molecule has 0 aliphatic carbocycles. The number of hydrogen-bond acceptors (Lipinski definition) is 5. The van der Waals surface area contributed by atoms with Crippen LogP contribution in [0, 0.1) is 0 Å². The summed E-state index contributed by atoms with van der Waals surface area (Å²) in [5.41, 5.74) is 0.439. The van der Waals surface area contributed by atoms with Gasteiger partial charge in [0.25, 0.3) is 5.91 Å². The molecule has 0 spiro atoms. The van der Waals surface area contributed by atoms with Crippen LogP contribution in [0.1, 0.15) is 29.4 Å². The molecular formula is C12H15N3O4S. The second-order valence-corrected chi connectivity index (χ2v) is 5.39. The molecule has 7 nitrogen and oxygen atoms in total. The van der Waals surface area contributed by atoms with Crippen molar-refractivity contribution in [3.63, 3.8) is 0 Å². The number of nitrogens with one attached hydrogen (secondary N) is 3. The molecule has 0 saturated carbocycles. The predicted molar refractivity (Wildman–Crippen MR) is 73.3 cm³/mol. The van der Waals surface area contributed by atoms with E-state index in [0.29, 0.717) is 17.0 Å². The fourth-order valence-corrected chi connectivity index (χ4v) is 2.69. The molecule has 1 saturated heterocycles. The highest BCUT2D eigenvalue weighted by molar-refractivity contribution is 7.12. The Kier molecular flexibility index (Phi) is 4.35. The number of aliphatic hydroxyl groups excluding tert-OH is 1. The highest BCUT2D eigenvalue weighted by Crippen LogP contribution is 2.22. The van der Waals surface area contributed by atoms with Crippen molar-refractivity contribution in [1.29, 1.82) is 0 Å². The maximum atomic E-state index is 12.1. The van der Waals surface area contributed by atoms with Gasteiger partial charge in [0.05, 0.1) is 11.7 Å². The third-order valence-corrected chi connectivity index (χ3v) is 3.78. The topological polar surface area (TPSA) is 108 Å². The lowest BCUT2D eigenvalue weighted by molar-refractivity contribution is -0.127. The number of aliphatic hydroxyl groups is 1. The number of thiophene rings is 1. The Balaban J connectivity index is 2.03. The van der Waals surface area contributed by atoms with Crippen LogP contribution in [0.3, 0.4) is 0 Å². The molecule has 2 atom stereocenters. The maximum Gasteiger partial charge on any atom is 0.263 e. The maximum absolute atomic E-state index is 12.1. The van der Waals surface area contributed by atoms with Gasteiger partial charge >= 0.3 is 0 Å². The molecule has 2 rings (SSSR count). The fraction of sp³-hybridized carbons (Fsp3) is 0.417. The first-order valence-electron chi connectivity index (χ1n) is 6.10. The van der Waals surface area contributed by atoms with Gasteiger partial charge in [0.15, 0.2) is 0 Å². The van der Waals surface area contributed by atoms with Gasteiger partial charge in [0.2, 0.25) is 11.8 Å². The Bertz CT molecular complexity index is 543. The first kappa shape index (κ1) is 14.5. The Hall–Kier alpha value is -1.93. The van der Waals surface area contributed by atoms with E-state index in [4.69, 9.17) is 0 Å². The third kappa shape index (κ3) is 3.34. The van der Waals surface area contributed by atoms with Gasteiger partial charge in [-0.05, 0) is 17.9 Å². The van der Waals surface area contributed by atoms with E-state index < -0.39 is 12.3 Å². The minimum absolute atomic E-state index is 0.238. The van der Waals surface area contributed by atoms with Crippen LogP contribution in [0.4, 0.5) is 5.69 Å². The number of carbonyl (C=O) groups excluding carboxylic acids is 3. The molecule has 1 aromatic heterocycles. The molecule has 0 radical (unpaired) electrons. The summed E-state index contributed by atoms with van der Waals surface area (Å²) in [6.07, 6.45) is -0.464. The second kappa shape index (κ2) is 6.02. The highest BCUT2D eigenvalue weighted by atomic mass is 32.1. The Labute approximate surface area is 119 Å². The summed E-state index contributed by atoms with van der Waals surface area (Å²) in [4.78, 5) is 34.6. The van der Waals surface area contributed by atoms with E-state index in [0.717, 1.165) is 0 Å². The zero-order valence-corrected chi connectivity index (χ0v) is 11.6. The molecule has 2 unspecified atom stereocenters. The first-order valence-corrected chi connectivity index (χ1v) is 6.98. The number of rotatable bonds is 3. The minimum Gasteiger partial charge on any atom is -0.372 e. The van der Waals surface area contributed by atoms with Crippen molar-refractivity contribution < 1.29 is 19.5 Å². The number of hydrogen-bond donors (Lipinski definition) is 4. The lowest BCUT2D eigenvalue weighted by Crippen LogP contribution is -2.55. The number of carbonyl (C=O) groups is 3. The lowest BCUT2D eigenvalue weighted by Gasteiger charge is -2.28. The van der Waals surface area contributed by atoms with E-state index >= 15 is 0 Å². The quantitative estimate of drug-likeness (QED) is 0.631. The summed E-state index contributed by atoms with van der Waals surface area (Å²) in [5.74, 6) is -0.885. The van der Waals surface area contributed by atoms with E-state index in [-0.39, 0.29) is 24.1 Å². The highest BCUT2D eigenvalue weighted by Gasteiger charge is 2.29. The van der Waals surface area contributed by atoms with Gasteiger partial charge in [0.1, 0.15) is 11.1 Å². The molecule has 1 aromatic rings. The van der Waals surface area contributed by atoms with Gasteiger partial charge in [-0.2, -0.15) is 0 Å². The van der Waals surface area contributed by atoms with Crippen LogP contribution < -0.4 is 16.0 Å². The molecular weight excluding hydrogens is 282 g/mol. The first-order chi connectivity index (χ1) is 9.47. The summed E-state index contributed by atoms with van der Waals surface area (Å²) in [6.45, 7) is 1.36. The minimum atomic E-state index is -1.09. The van der Waals surface area contributed by atoms with E-state index in [9.17, 15) is 19.5 Å². The normalized spacial score (nSPS) is 22.0. The van der Waals surface area contributed by atoms with Crippen LogP contribution in [0.15, 0.2) is 11.4 Å². The van der Waals surface area contributed by atoms with Crippen molar-refractivity contribution in [2.45, 2.75) is 32.0 Å². The Morgan fingerprint density at radius 3 is 2.90 bits per heavy atom. The van der Waals surface area contributed by atoms with Gasteiger partial charge in [-0.25, -0.2) is 0 Å². The molecule has 1 fully saturated rings. The van der Waals surface area contributed by atoms with E-state index in [2.05, 4.69) is 16.0 Å². The van der Waals surface area contributed by atoms with E-state index in [1.165, 1.54) is 18.3 Å². The molecule has 0 aromatic carbocycles. The third-order valence-electron chi connectivity index (χ3n) is 2.87. The molecule has 1 aliphatic heterocycles. The SMILES string of the molecule is CC(=O)Nc1ccsc1C(=O)NC1CCC(=O)NC1O. The van der Waals surface area contributed by atoms with Gasteiger partial charge in [-0.15, -0.1) is 11.3 Å². The number of amides is 3. The van der Waals surface area contributed by atoms with Gasteiger partial charge in [0, 0.05) is 13.3 Å². The average molecular weight is 297 g/mol. The van der Waals surface area contributed by atoms with Crippen LogP contribution >= 0.6 is 11.3 Å². The zero-order valence-electron chi connectivity index (χ0n) is 10.8. The summed E-state index contributed by atoms with van der Waals surface area (Å²) in [7, 11) is 0. The van der Waals surface area contributed by atoms with Gasteiger partial charge in [-0.1, -0.05) is 0 Å². The second-order valence-electron chi connectivity index (χ2n) is 4.48. The molecule has 8 heteroatoms. The largest absolute Gasteiger partial charge is 0.372 e. The van der Waals surface area contributed by atoms with Crippen LogP contribution in [-0.2, 0) is 9.59 Å². The summed E-state index contributed by atoms with van der Waals surface area (Å²) in [6, 6.07) is 1.10. The van der Waals surface area contributed by atoms with Crippen LogP contribution in [0.25, 0.3) is 0 Å². The van der Waals surface area contributed by atoms with Crippen LogP contribution in [0.2, 0.25) is 0 Å². The summed E-state index contributed by atoms with van der Waals surface area (Å²) < 4.78 is 0. The molecule has 4 N–H and O–H groups in total. The Morgan fingerprint density at radius 2 is 2.25 bits per heavy atom. The van der Waals surface area contributed by atoms with Crippen LogP contribution in [-0.4, -0.2) is 35.1 Å². The average Bonchev–Trinajstić information content (AvgIpc) is 2.80. The number of piperidine rings is 1. The van der Waals surface area contributed by atoms with E-state index in [1.54, 1.807) is 11.4 Å². The molecule has 0 bridgehead atoms. The molecule has 2 heterocycles. The van der Waals surface area contributed by atoms with Crippen LogP contribution in [0.5, 0.6) is 0 Å². The molecule has 3 amide bonds. The fourth-order valence-electron chi connectivity index (χ4n) is 1.94. The van der Waals surface area contributed by atoms with Crippen molar-refractivity contribution in [3.05, 3.63) is 16.3 Å². The summed E-state index contributed by atoms with van der Waals surface area (Å²) >= 11 is 1.19. The predicted octanol–water partition coefficient (Wildman–Crippen LogP) is 0.0333. The smallest absolute Gasteiger partial charge is 0.263 e.